The minimum Gasteiger partial charge on any atom is -0.497 e. The molecule has 0 spiro atoms. The Balaban J connectivity index is 1.25. The highest BCUT2D eigenvalue weighted by molar-refractivity contribution is 9.10. The SMILES string of the molecule is COc1ccc(Br)c(CC2CCN(CCC3CNc4ccccc43)CC2)c1. The van der Waals surface area contributed by atoms with Crippen LogP contribution in [0.1, 0.15) is 36.3 Å². The summed E-state index contributed by atoms with van der Waals surface area (Å²) in [5.41, 5.74) is 4.22. The Kier molecular flexibility index (Phi) is 6.04. The van der Waals surface area contributed by atoms with E-state index >= 15 is 0 Å². The highest BCUT2D eigenvalue weighted by Crippen LogP contribution is 2.34. The molecule has 0 bridgehead atoms. The molecular weight excluding hydrogens is 400 g/mol. The fourth-order valence-corrected chi connectivity index (χ4v) is 4.92. The van der Waals surface area contributed by atoms with Crippen LogP contribution in [-0.2, 0) is 6.42 Å². The number of para-hydroxylation sites is 1. The monoisotopic (exact) mass is 428 g/mol. The van der Waals surface area contributed by atoms with Crippen LogP contribution in [0.4, 0.5) is 5.69 Å². The van der Waals surface area contributed by atoms with Crippen LogP contribution in [0.2, 0.25) is 0 Å². The van der Waals surface area contributed by atoms with E-state index in [1.165, 1.54) is 60.2 Å². The van der Waals surface area contributed by atoms with Crippen LogP contribution in [-0.4, -0.2) is 38.2 Å². The number of benzene rings is 2. The predicted octanol–water partition coefficient (Wildman–Crippen LogP) is 5.31. The summed E-state index contributed by atoms with van der Waals surface area (Å²) in [6.45, 7) is 4.78. The molecule has 1 atom stereocenters. The van der Waals surface area contributed by atoms with Gasteiger partial charge in [0.05, 0.1) is 7.11 Å². The van der Waals surface area contributed by atoms with Gasteiger partial charge in [-0.25, -0.2) is 0 Å². The number of nitrogens with one attached hydrogen (secondary N) is 1. The summed E-state index contributed by atoms with van der Waals surface area (Å²) in [5.74, 6) is 2.40. The van der Waals surface area contributed by atoms with Crippen LogP contribution in [0, 0.1) is 5.92 Å². The lowest BCUT2D eigenvalue weighted by atomic mass is 9.89. The van der Waals surface area contributed by atoms with E-state index < -0.39 is 0 Å². The Hall–Kier alpha value is -1.52. The molecule has 4 rings (SSSR count). The lowest BCUT2D eigenvalue weighted by Gasteiger charge is -2.32. The molecule has 1 fully saturated rings. The fourth-order valence-electron chi connectivity index (χ4n) is 4.51. The number of hydrogen-bond acceptors (Lipinski definition) is 3. The van der Waals surface area contributed by atoms with Crippen molar-refractivity contribution in [2.24, 2.45) is 5.92 Å². The number of fused-ring (bicyclic) bond motifs is 1. The van der Waals surface area contributed by atoms with Crippen molar-refractivity contribution >= 4 is 21.6 Å². The number of rotatable bonds is 6. The number of piperidine rings is 1. The van der Waals surface area contributed by atoms with Gasteiger partial charge < -0.3 is 15.0 Å². The summed E-state index contributed by atoms with van der Waals surface area (Å²) in [6.07, 6.45) is 4.99. The number of nitrogens with zero attached hydrogens (tertiary/aromatic N) is 1. The molecule has 1 N–H and O–H groups in total. The van der Waals surface area contributed by atoms with E-state index in [4.69, 9.17) is 4.74 Å². The molecule has 3 nitrogen and oxygen atoms in total. The zero-order valence-corrected chi connectivity index (χ0v) is 17.7. The number of hydrogen-bond donors (Lipinski definition) is 1. The predicted molar refractivity (Wildman–Crippen MR) is 116 cm³/mol. The number of anilines is 1. The third-order valence-electron chi connectivity index (χ3n) is 6.20. The molecule has 0 radical (unpaired) electrons. The van der Waals surface area contributed by atoms with Crippen molar-refractivity contribution < 1.29 is 4.74 Å². The molecule has 2 aliphatic rings. The third-order valence-corrected chi connectivity index (χ3v) is 6.98. The Labute approximate surface area is 171 Å². The summed E-state index contributed by atoms with van der Waals surface area (Å²) in [5, 5.41) is 3.55. The molecule has 2 aromatic carbocycles. The normalized spacial score (nSPS) is 20.3. The van der Waals surface area contributed by atoms with Crippen LogP contribution >= 0.6 is 15.9 Å². The first kappa shape index (κ1) is 18.8. The van der Waals surface area contributed by atoms with Gasteiger partial charge in [-0.05, 0) is 86.6 Å². The zero-order chi connectivity index (χ0) is 18.6. The number of methoxy groups -OCH3 is 1. The topological polar surface area (TPSA) is 24.5 Å². The van der Waals surface area contributed by atoms with Crippen molar-refractivity contribution in [3.05, 3.63) is 58.1 Å². The Bertz CT molecular complexity index is 771. The molecule has 0 amide bonds. The molecule has 2 heterocycles. The van der Waals surface area contributed by atoms with Crippen LogP contribution in [0.25, 0.3) is 0 Å². The van der Waals surface area contributed by atoms with Crippen molar-refractivity contribution in [2.45, 2.75) is 31.6 Å². The third kappa shape index (κ3) is 4.49. The molecule has 2 aromatic rings. The molecule has 1 unspecified atom stereocenters. The van der Waals surface area contributed by atoms with E-state index in [1.807, 2.05) is 6.07 Å². The van der Waals surface area contributed by atoms with E-state index in [0.29, 0.717) is 5.92 Å². The van der Waals surface area contributed by atoms with Gasteiger partial charge in [0.2, 0.25) is 0 Å². The molecular formula is C23H29BrN2O. The minimum atomic E-state index is 0.673. The summed E-state index contributed by atoms with van der Waals surface area (Å²) in [4.78, 5) is 2.66. The standard InChI is InChI=1S/C23H29BrN2O/c1-27-20-6-7-22(24)19(15-20)14-17-8-11-26(12-9-17)13-10-18-16-25-23-5-3-2-4-21(18)23/h2-7,15,17-18,25H,8-14,16H2,1H3. The first-order chi connectivity index (χ1) is 13.2. The first-order valence-electron chi connectivity index (χ1n) is 10.1. The van der Waals surface area contributed by atoms with E-state index in [1.54, 1.807) is 7.11 Å². The molecule has 4 heteroatoms. The van der Waals surface area contributed by atoms with Crippen molar-refractivity contribution in [3.8, 4) is 5.75 Å². The van der Waals surface area contributed by atoms with Crippen molar-refractivity contribution in [2.75, 3.05) is 38.6 Å². The van der Waals surface area contributed by atoms with E-state index in [2.05, 4.69) is 62.5 Å². The molecule has 0 aliphatic carbocycles. The highest BCUT2D eigenvalue weighted by Gasteiger charge is 2.24. The van der Waals surface area contributed by atoms with Gasteiger partial charge in [0.25, 0.3) is 0 Å². The second-order valence-corrected chi connectivity index (χ2v) is 8.75. The number of likely N-dealkylation sites (tertiary alicyclic amines) is 1. The minimum absolute atomic E-state index is 0.673. The van der Waals surface area contributed by atoms with Crippen LogP contribution < -0.4 is 10.1 Å². The van der Waals surface area contributed by atoms with Crippen molar-refractivity contribution in [1.82, 2.24) is 4.90 Å². The maximum atomic E-state index is 5.39. The van der Waals surface area contributed by atoms with E-state index in [0.717, 1.165) is 24.6 Å². The van der Waals surface area contributed by atoms with Gasteiger partial charge in [0.15, 0.2) is 0 Å². The molecule has 27 heavy (non-hydrogen) atoms. The first-order valence-corrected chi connectivity index (χ1v) is 10.9. The van der Waals surface area contributed by atoms with Gasteiger partial charge in [-0.1, -0.05) is 34.1 Å². The van der Waals surface area contributed by atoms with Gasteiger partial charge in [-0.15, -0.1) is 0 Å². The average molecular weight is 429 g/mol. The van der Waals surface area contributed by atoms with Gasteiger partial charge in [0, 0.05) is 22.6 Å². The Morgan fingerprint density at radius 2 is 1.96 bits per heavy atom. The van der Waals surface area contributed by atoms with E-state index in [9.17, 15) is 0 Å². The van der Waals surface area contributed by atoms with E-state index in [-0.39, 0.29) is 0 Å². The van der Waals surface area contributed by atoms with Gasteiger partial charge in [-0.3, -0.25) is 0 Å². The van der Waals surface area contributed by atoms with Crippen LogP contribution in [0.15, 0.2) is 46.9 Å². The number of ether oxygens (including phenoxy) is 1. The largest absolute Gasteiger partial charge is 0.497 e. The lowest BCUT2D eigenvalue weighted by molar-refractivity contribution is 0.179. The molecule has 144 valence electrons. The van der Waals surface area contributed by atoms with Crippen molar-refractivity contribution in [1.29, 1.82) is 0 Å². The maximum absolute atomic E-state index is 5.39. The molecule has 1 saturated heterocycles. The van der Waals surface area contributed by atoms with Gasteiger partial charge in [-0.2, -0.15) is 0 Å². The summed E-state index contributed by atoms with van der Waals surface area (Å²) < 4.78 is 6.59. The van der Waals surface area contributed by atoms with Crippen molar-refractivity contribution in [3.63, 3.8) is 0 Å². The quantitative estimate of drug-likeness (QED) is 0.674. The van der Waals surface area contributed by atoms with Gasteiger partial charge >= 0.3 is 0 Å². The van der Waals surface area contributed by atoms with Gasteiger partial charge in [0.1, 0.15) is 5.75 Å². The smallest absolute Gasteiger partial charge is 0.119 e. The Morgan fingerprint density at radius 1 is 1.15 bits per heavy atom. The van der Waals surface area contributed by atoms with Crippen LogP contribution in [0.5, 0.6) is 5.75 Å². The lowest BCUT2D eigenvalue weighted by Crippen LogP contribution is -2.35. The molecule has 0 aromatic heterocycles. The second-order valence-electron chi connectivity index (χ2n) is 7.90. The van der Waals surface area contributed by atoms with Crippen LogP contribution in [0.3, 0.4) is 0 Å². The average Bonchev–Trinajstić information content (AvgIpc) is 3.12. The Morgan fingerprint density at radius 3 is 2.78 bits per heavy atom. The summed E-state index contributed by atoms with van der Waals surface area (Å²) in [6, 6.07) is 15.1. The summed E-state index contributed by atoms with van der Waals surface area (Å²) in [7, 11) is 1.74. The summed E-state index contributed by atoms with van der Waals surface area (Å²) >= 11 is 3.70. The molecule has 2 aliphatic heterocycles. The second kappa shape index (κ2) is 8.66. The fraction of sp³-hybridized carbons (Fsp3) is 0.478. The highest BCUT2D eigenvalue weighted by atomic mass is 79.9. The zero-order valence-electron chi connectivity index (χ0n) is 16.1. The molecule has 0 saturated carbocycles. The number of halogens is 1. The maximum Gasteiger partial charge on any atom is 0.119 e.